The Morgan fingerprint density at radius 3 is 1.63 bits per heavy atom. The van der Waals surface area contributed by atoms with Crippen LogP contribution in [0.3, 0.4) is 0 Å². The number of hydrogen-bond donors (Lipinski definition) is 2. The minimum absolute atomic E-state index is 0.387. The fourth-order valence-corrected chi connectivity index (χ4v) is 4.22. The van der Waals surface area contributed by atoms with Gasteiger partial charge in [-0.15, -0.1) is 0 Å². The summed E-state index contributed by atoms with van der Waals surface area (Å²) in [5.41, 5.74) is 4.81. The smallest absolute Gasteiger partial charge is 0.241 e. The summed E-state index contributed by atoms with van der Waals surface area (Å²) in [6.45, 7) is 4.37. The van der Waals surface area contributed by atoms with Gasteiger partial charge in [-0.3, -0.25) is 9.80 Å². The van der Waals surface area contributed by atoms with E-state index in [4.69, 9.17) is 5.26 Å². The second-order valence-corrected chi connectivity index (χ2v) is 7.31. The second-order valence-electron chi connectivity index (χ2n) is 7.31. The molecule has 1 aliphatic rings. The van der Waals surface area contributed by atoms with Crippen molar-refractivity contribution in [2.24, 2.45) is 0 Å². The quantitative estimate of drug-likeness (QED) is 0.718. The first-order chi connectivity index (χ1) is 13.3. The molecule has 3 nitrogen and oxygen atoms in total. The topological polar surface area (TPSA) is 32.7 Å². The van der Waals surface area contributed by atoms with Crippen LogP contribution in [0.2, 0.25) is 0 Å². The Kier molecular flexibility index (Phi) is 5.29. The van der Waals surface area contributed by atoms with Gasteiger partial charge in [0.1, 0.15) is 26.2 Å². The van der Waals surface area contributed by atoms with Crippen molar-refractivity contribution in [3.63, 3.8) is 0 Å². The van der Waals surface area contributed by atoms with E-state index in [1.165, 1.54) is 16.7 Å². The van der Waals surface area contributed by atoms with Crippen molar-refractivity contribution in [3.8, 4) is 6.07 Å². The van der Waals surface area contributed by atoms with Crippen LogP contribution in [-0.4, -0.2) is 13.1 Å². The molecule has 0 saturated carbocycles. The molecule has 134 valence electrons. The van der Waals surface area contributed by atoms with Crippen LogP contribution >= 0.6 is 0 Å². The SMILES string of the molecule is N#Cc1ccc(C2[NH+](Cc3ccccc3)CC[NH+]2Cc2ccccc2)cc1. The van der Waals surface area contributed by atoms with E-state index in [1.54, 1.807) is 9.80 Å². The summed E-state index contributed by atoms with van der Waals surface area (Å²) < 4.78 is 0. The van der Waals surface area contributed by atoms with Crippen LogP contribution in [-0.2, 0) is 13.1 Å². The normalized spacial score (nSPS) is 21.7. The molecule has 3 heteroatoms. The Hall–Kier alpha value is -2.93. The third-order valence-electron chi connectivity index (χ3n) is 5.50. The first-order valence-electron chi connectivity index (χ1n) is 9.60. The van der Waals surface area contributed by atoms with Gasteiger partial charge in [0.2, 0.25) is 6.17 Å². The maximum absolute atomic E-state index is 9.13. The van der Waals surface area contributed by atoms with Gasteiger partial charge in [0.05, 0.1) is 17.2 Å². The lowest BCUT2D eigenvalue weighted by atomic mass is 10.1. The zero-order valence-corrected chi connectivity index (χ0v) is 15.4. The molecule has 2 unspecified atom stereocenters. The molecule has 0 aliphatic carbocycles. The Morgan fingerprint density at radius 1 is 0.704 bits per heavy atom. The molecule has 3 aromatic carbocycles. The van der Waals surface area contributed by atoms with E-state index in [0.717, 1.165) is 31.7 Å². The molecule has 0 spiro atoms. The van der Waals surface area contributed by atoms with Gasteiger partial charge >= 0.3 is 0 Å². The highest BCUT2D eigenvalue weighted by Crippen LogP contribution is 2.10. The number of hydrogen-bond acceptors (Lipinski definition) is 1. The van der Waals surface area contributed by atoms with E-state index < -0.39 is 0 Å². The molecule has 0 amide bonds. The summed E-state index contributed by atoms with van der Waals surface area (Å²) in [5, 5.41) is 9.13. The van der Waals surface area contributed by atoms with Gasteiger partial charge in [0, 0.05) is 11.1 Å². The summed E-state index contributed by atoms with van der Waals surface area (Å²) in [6, 6.07) is 31.9. The lowest BCUT2D eigenvalue weighted by Gasteiger charge is -2.25. The lowest BCUT2D eigenvalue weighted by Crippen LogP contribution is -3.22. The van der Waals surface area contributed by atoms with E-state index in [0.29, 0.717) is 6.17 Å². The number of benzene rings is 3. The Labute approximate surface area is 161 Å². The van der Waals surface area contributed by atoms with Gasteiger partial charge in [-0.2, -0.15) is 5.26 Å². The molecule has 0 bridgehead atoms. The molecule has 27 heavy (non-hydrogen) atoms. The third kappa shape index (κ3) is 4.09. The third-order valence-corrected chi connectivity index (χ3v) is 5.50. The monoisotopic (exact) mass is 355 g/mol. The average molecular weight is 355 g/mol. The van der Waals surface area contributed by atoms with Crippen molar-refractivity contribution in [1.82, 2.24) is 0 Å². The van der Waals surface area contributed by atoms with E-state index in [1.807, 2.05) is 12.1 Å². The van der Waals surface area contributed by atoms with Gasteiger partial charge in [0.15, 0.2) is 0 Å². The maximum Gasteiger partial charge on any atom is 0.241 e. The van der Waals surface area contributed by atoms with Crippen LogP contribution in [0.15, 0.2) is 84.9 Å². The second kappa shape index (κ2) is 8.18. The van der Waals surface area contributed by atoms with E-state index in [-0.39, 0.29) is 0 Å². The summed E-state index contributed by atoms with van der Waals surface area (Å²) in [6.07, 6.45) is 0.387. The van der Waals surface area contributed by atoms with Crippen LogP contribution in [0.5, 0.6) is 0 Å². The zero-order valence-electron chi connectivity index (χ0n) is 15.4. The Bertz CT molecular complexity index is 848. The van der Waals surface area contributed by atoms with Crippen molar-refractivity contribution < 1.29 is 9.80 Å². The van der Waals surface area contributed by atoms with Crippen molar-refractivity contribution in [3.05, 3.63) is 107 Å². The van der Waals surface area contributed by atoms with Crippen molar-refractivity contribution >= 4 is 0 Å². The summed E-state index contributed by atoms with van der Waals surface area (Å²) >= 11 is 0. The highest BCUT2D eigenvalue weighted by molar-refractivity contribution is 5.32. The number of rotatable bonds is 5. The fourth-order valence-electron chi connectivity index (χ4n) is 4.22. The summed E-state index contributed by atoms with van der Waals surface area (Å²) in [5.74, 6) is 0. The van der Waals surface area contributed by atoms with Gasteiger partial charge in [0.25, 0.3) is 0 Å². The van der Waals surface area contributed by atoms with Crippen LogP contribution in [0, 0.1) is 11.3 Å². The molecule has 0 aromatic heterocycles. The minimum Gasteiger partial charge on any atom is -0.274 e. The highest BCUT2D eigenvalue weighted by atomic mass is 15.4. The minimum atomic E-state index is 0.387. The molecule has 1 fully saturated rings. The fraction of sp³-hybridized carbons (Fsp3) is 0.208. The van der Waals surface area contributed by atoms with Gasteiger partial charge < -0.3 is 0 Å². The lowest BCUT2D eigenvalue weighted by molar-refractivity contribution is -1.09. The molecule has 0 radical (unpaired) electrons. The molecule has 4 rings (SSSR count). The number of nitrogens with one attached hydrogen (secondary N) is 2. The predicted octanol–water partition coefficient (Wildman–Crippen LogP) is 1.74. The molecule has 1 saturated heterocycles. The molecule has 1 aliphatic heterocycles. The van der Waals surface area contributed by atoms with Crippen LogP contribution < -0.4 is 9.80 Å². The first kappa shape index (κ1) is 17.5. The molecule has 2 N–H and O–H groups in total. The molecular formula is C24H25N3+2. The first-order valence-corrected chi connectivity index (χ1v) is 9.60. The van der Waals surface area contributed by atoms with E-state index in [9.17, 15) is 0 Å². The summed E-state index contributed by atoms with van der Waals surface area (Å²) in [7, 11) is 0. The van der Waals surface area contributed by atoms with E-state index >= 15 is 0 Å². The van der Waals surface area contributed by atoms with Gasteiger partial charge in [-0.25, -0.2) is 0 Å². The van der Waals surface area contributed by atoms with Crippen molar-refractivity contribution in [1.29, 1.82) is 5.26 Å². The Balaban J connectivity index is 1.61. The molecule has 1 heterocycles. The largest absolute Gasteiger partial charge is 0.274 e. The van der Waals surface area contributed by atoms with Crippen molar-refractivity contribution in [2.45, 2.75) is 19.3 Å². The summed E-state index contributed by atoms with van der Waals surface area (Å²) in [4.78, 5) is 3.19. The molecular weight excluding hydrogens is 330 g/mol. The van der Waals surface area contributed by atoms with Crippen LogP contribution in [0.4, 0.5) is 0 Å². The van der Waals surface area contributed by atoms with Crippen LogP contribution in [0.25, 0.3) is 0 Å². The number of quaternary nitrogens is 2. The zero-order chi connectivity index (χ0) is 18.5. The van der Waals surface area contributed by atoms with Crippen molar-refractivity contribution in [2.75, 3.05) is 13.1 Å². The number of nitrogens with zero attached hydrogens (tertiary/aromatic N) is 1. The average Bonchev–Trinajstić information content (AvgIpc) is 3.11. The van der Waals surface area contributed by atoms with E-state index in [2.05, 4.69) is 78.9 Å². The Morgan fingerprint density at radius 2 is 1.19 bits per heavy atom. The van der Waals surface area contributed by atoms with Gasteiger partial charge in [-0.05, 0) is 24.3 Å². The highest BCUT2D eigenvalue weighted by Gasteiger charge is 2.40. The standard InChI is InChI=1S/C24H23N3/c25-17-20-11-13-23(14-12-20)24-26(18-21-7-3-1-4-8-21)15-16-27(24)19-22-9-5-2-6-10-22/h1-14,24H,15-16,18-19H2/p+2. The number of nitriles is 1. The maximum atomic E-state index is 9.13. The van der Waals surface area contributed by atoms with Gasteiger partial charge in [-0.1, -0.05) is 60.7 Å². The molecule has 2 atom stereocenters. The van der Waals surface area contributed by atoms with Crippen LogP contribution in [0.1, 0.15) is 28.4 Å². The predicted molar refractivity (Wildman–Crippen MR) is 106 cm³/mol. The molecule has 3 aromatic rings.